The van der Waals surface area contributed by atoms with Crippen LogP contribution in [0, 0.1) is 0 Å². The van der Waals surface area contributed by atoms with Crippen molar-refractivity contribution in [1.82, 2.24) is 14.9 Å². The number of rotatable bonds is 8. The summed E-state index contributed by atoms with van der Waals surface area (Å²) in [5.74, 6) is 0. The van der Waals surface area contributed by atoms with Crippen molar-refractivity contribution in [2.75, 3.05) is 6.54 Å². The van der Waals surface area contributed by atoms with Gasteiger partial charge in [0.05, 0.1) is 10.6 Å². The second-order valence-electron chi connectivity index (χ2n) is 4.25. The number of hydrogen-bond donors (Lipinski definition) is 1. The molecule has 1 atom stereocenters. The van der Waals surface area contributed by atoms with Crippen molar-refractivity contribution < 1.29 is 0 Å². The Labute approximate surface area is 108 Å². The zero-order valence-electron chi connectivity index (χ0n) is 11.1. The SMILES string of the molecule is C=C(CC)CC(NCC)c1snnc1CCC. The molecule has 0 aliphatic carbocycles. The first-order valence-electron chi connectivity index (χ1n) is 6.43. The van der Waals surface area contributed by atoms with Crippen LogP contribution in [-0.4, -0.2) is 16.1 Å². The Balaban J connectivity index is 2.80. The summed E-state index contributed by atoms with van der Waals surface area (Å²) in [7, 11) is 0. The molecule has 1 N–H and O–H groups in total. The standard InChI is InChI=1S/C13H23N3S/c1-5-8-11-13(17-16-15-11)12(14-7-3)9-10(4)6-2/h12,14H,4-9H2,1-3H3. The molecular formula is C13H23N3S. The van der Waals surface area contributed by atoms with Crippen LogP contribution in [0.5, 0.6) is 0 Å². The zero-order chi connectivity index (χ0) is 12.7. The highest BCUT2D eigenvalue weighted by molar-refractivity contribution is 7.05. The summed E-state index contributed by atoms with van der Waals surface area (Å²) in [6.45, 7) is 11.5. The van der Waals surface area contributed by atoms with Gasteiger partial charge in [-0.3, -0.25) is 0 Å². The summed E-state index contributed by atoms with van der Waals surface area (Å²) in [5, 5.41) is 7.76. The molecule has 0 radical (unpaired) electrons. The lowest BCUT2D eigenvalue weighted by Crippen LogP contribution is -2.21. The van der Waals surface area contributed by atoms with E-state index in [0.29, 0.717) is 6.04 Å². The van der Waals surface area contributed by atoms with E-state index in [1.165, 1.54) is 22.0 Å². The Hall–Kier alpha value is -0.740. The van der Waals surface area contributed by atoms with Crippen LogP contribution in [-0.2, 0) is 6.42 Å². The Bertz CT molecular complexity index is 346. The Kier molecular flexibility index (Phi) is 6.37. The number of aryl methyl sites for hydroxylation is 1. The van der Waals surface area contributed by atoms with E-state index < -0.39 is 0 Å². The topological polar surface area (TPSA) is 37.8 Å². The fraction of sp³-hybridized carbons (Fsp3) is 0.692. The summed E-state index contributed by atoms with van der Waals surface area (Å²) >= 11 is 1.53. The van der Waals surface area contributed by atoms with Crippen molar-refractivity contribution >= 4 is 11.5 Å². The lowest BCUT2D eigenvalue weighted by molar-refractivity contribution is 0.545. The minimum absolute atomic E-state index is 0.342. The molecule has 17 heavy (non-hydrogen) atoms. The van der Waals surface area contributed by atoms with E-state index in [2.05, 4.69) is 42.3 Å². The molecule has 4 heteroatoms. The fourth-order valence-corrected chi connectivity index (χ4v) is 2.60. The van der Waals surface area contributed by atoms with E-state index in [1.807, 2.05) is 0 Å². The average molecular weight is 253 g/mol. The number of nitrogens with one attached hydrogen (secondary N) is 1. The molecule has 1 unspecified atom stereocenters. The van der Waals surface area contributed by atoms with Crippen LogP contribution in [0.25, 0.3) is 0 Å². The maximum Gasteiger partial charge on any atom is 0.0803 e. The van der Waals surface area contributed by atoms with E-state index in [9.17, 15) is 0 Å². The molecule has 1 aromatic rings. The van der Waals surface area contributed by atoms with Crippen LogP contribution in [0.1, 0.15) is 56.6 Å². The molecule has 0 spiro atoms. The minimum atomic E-state index is 0.342. The molecule has 0 amide bonds. The first kappa shape index (κ1) is 14.3. The molecule has 0 fully saturated rings. The Morgan fingerprint density at radius 3 is 2.76 bits per heavy atom. The quantitative estimate of drug-likeness (QED) is 0.721. The van der Waals surface area contributed by atoms with Crippen LogP contribution >= 0.6 is 11.5 Å². The van der Waals surface area contributed by atoms with Gasteiger partial charge in [0.1, 0.15) is 0 Å². The van der Waals surface area contributed by atoms with E-state index in [0.717, 1.165) is 37.9 Å². The van der Waals surface area contributed by atoms with E-state index >= 15 is 0 Å². The molecule has 0 bridgehead atoms. The van der Waals surface area contributed by atoms with Gasteiger partial charge in [0.2, 0.25) is 0 Å². The largest absolute Gasteiger partial charge is 0.309 e. The van der Waals surface area contributed by atoms with Crippen molar-refractivity contribution in [3.63, 3.8) is 0 Å². The van der Waals surface area contributed by atoms with E-state index in [-0.39, 0.29) is 0 Å². The van der Waals surface area contributed by atoms with Crippen LogP contribution in [0.3, 0.4) is 0 Å². The van der Waals surface area contributed by atoms with Gasteiger partial charge in [-0.2, -0.15) is 0 Å². The highest BCUT2D eigenvalue weighted by Crippen LogP contribution is 2.27. The second kappa shape index (κ2) is 7.56. The smallest absolute Gasteiger partial charge is 0.0803 e. The summed E-state index contributed by atoms with van der Waals surface area (Å²) in [4.78, 5) is 1.29. The molecule has 1 rings (SSSR count). The lowest BCUT2D eigenvalue weighted by atomic mass is 10.0. The van der Waals surface area contributed by atoms with Crippen LogP contribution in [0.15, 0.2) is 12.2 Å². The third-order valence-electron chi connectivity index (χ3n) is 2.83. The van der Waals surface area contributed by atoms with Crippen molar-refractivity contribution in [3.05, 3.63) is 22.7 Å². The molecule has 0 saturated heterocycles. The second-order valence-corrected chi connectivity index (χ2v) is 5.04. The maximum absolute atomic E-state index is 4.24. The maximum atomic E-state index is 4.24. The van der Waals surface area contributed by atoms with Crippen LogP contribution in [0.4, 0.5) is 0 Å². The summed E-state index contributed by atoms with van der Waals surface area (Å²) in [5.41, 5.74) is 2.44. The highest BCUT2D eigenvalue weighted by Gasteiger charge is 2.18. The summed E-state index contributed by atoms with van der Waals surface area (Å²) in [6.07, 6.45) is 4.17. The van der Waals surface area contributed by atoms with E-state index in [1.54, 1.807) is 0 Å². The van der Waals surface area contributed by atoms with Crippen molar-refractivity contribution in [1.29, 1.82) is 0 Å². The molecule has 3 nitrogen and oxygen atoms in total. The molecule has 96 valence electrons. The van der Waals surface area contributed by atoms with Gasteiger partial charge in [-0.05, 0) is 37.3 Å². The van der Waals surface area contributed by atoms with Gasteiger partial charge < -0.3 is 5.32 Å². The van der Waals surface area contributed by atoms with Gasteiger partial charge >= 0.3 is 0 Å². The number of aromatic nitrogens is 2. The van der Waals surface area contributed by atoms with E-state index in [4.69, 9.17) is 0 Å². The molecule has 1 heterocycles. The lowest BCUT2D eigenvalue weighted by Gasteiger charge is -2.17. The van der Waals surface area contributed by atoms with Gasteiger partial charge in [-0.25, -0.2) is 0 Å². The monoisotopic (exact) mass is 253 g/mol. The van der Waals surface area contributed by atoms with Gasteiger partial charge in [0.25, 0.3) is 0 Å². The van der Waals surface area contributed by atoms with Crippen molar-refractivity contribution in [2.45, 2.75) is 52.5 Å². The third kappa shape index (κ3) is 4.21. The number of hydrogen-bond acceptors (Lipinski definition) is 4. The number of nitrogens with zero attached hydrogens (tertiary/aromatic N) is 2. The van der Waals surface area contributed by atoms with Crippen LogP contribution in [0.2, 0.25) is 0 Å². The Morgan fingerprint density at radius 1 is 1.41 bits per heavy atom. The normalized spacial score (nSPS) is 12.6. The predicted octanol–water partition coefficient (Wildman–Crippen LogP) is 3.50. The Morgan fingerprint density at radius 2 is 2.18 bits per heavy atom. The van der Waals surface area contributed by atoms with Gasteiger partial charge in [-0.15, -0.1) is 5.10 Å². The van der Waals surface area contributed by atoms with Crippen molar-refractivity contribution in [2.24, 2.45) is 0 Å². The van der Waals surface area contributed by atoms with Crippen LogP contribution < -0.4 is 5.32 Å². The highest BCUT2D eigenvalue weighted by atomic mass is 32.1. The molecule has 0 aromatic carbocycles. The first-order valence-corrected chi connectivity index (χ1v) is 7.21. The zero-order valence-corrected chi connectivity index (χ0v) is 11.9. The third-order valence-corrected chi connectivity index (χ3v) is 3.71. The summed E-state index contributed by atoms with van der Waals surface area (Å²) in [6, 6.07) is 0.342. The molecule has 0 aliphatic heterocycles. The molecule has 1 aromatic heterocycles. The van der Waals surface area contributed by atoms with Crippen molar-refractivity contribution in [3.8, 4) is 0 Å². The minimum Gasteiger partial charge on any atom is -0.309 e. The van der Waals surface area contributed by atoms with Gasteiger partial charge in [-0.1, -0.05) is 43.8 Å². The fourth-order valence-electron chi connectivity index (χ4n) is 1.83. The summed E-state index contributed by atoms with van der Waals surface area (Å²) < 4.78 is 4.10. The molecular weight excluding hydrogens is 230 g/mol. The molecule has 0 aliphatic rings. The predicted molar refractivity (Wildman–Crippen MR) is 74.4 cm³/mol. The van der Waals surface area contributed by atoms with Gasteiger partial charge in [0.15, 0.2) is 0 Å². The average Bonchev–Trinajstić information content (AvgIpc) is 2.77. The first-order chi connectivity index (χ1) is 8.22. The van der Waals surface area contributed by atoms with Gasteiger partial charge in [0, 0.05) is 6.04 Å². The molecule has 0 saturated carbocycles.